The van der Waals surface area contributed by atoms with Crippen molar-refractivity contribution in [3.8, 4) is 5.75 Å². The van der Waals surface area contributed by atoms with Gasteiger partial charge in [0.05, 0.1) is 22.6 Å². The van der Waals surface area contributed by atoms with E-state index in [9.17, 15) is 8.78 Å². The highest BCUT2D eigenvalue weighted by atomic mass is 35.5. The smallest absolute Gasteiger partial charge is 0.181 e. The molecule has 0 radical (unpaired) electrons. The highest BCUT2D eigenvalue weighted by Crippen LogP contribution is 2.36. The lowest BCUT2D eigenvalue weighted by molar-refractivity contribution is 0.222. The standard InChI is InChI=1S/C27H18Cl2F2N2O/c28-19-10-6-12-21(30)18(19)16-33-24-15-5-4-14-23(24)32-27(33)25(17-8-2-1-3-9-17)34-26-20(29)11-7-13-22(26)31/h1-15,25H,16H2/t25-/m0/s1. The number of para-hydroxylation sites is 3. The van der Waals surface area contributed by atoms with Gasteiger partial charge in [-0.1, -0.05) is 77.8 Å². The maximum absolute atomic E-state index is 14.7. The third-order valence-electron chi connectivity index (χ3n) is 5.55. The zero-order chi connectivity index (χ0) is 23.7. The maximum atomic E-state index is 14.7. The first-order valence-electron chi connectivity index (χ1n) is 10.6. The third kappa shape index (κ3) is 4.25. The van der Waals surface area contributed by atoms with E-state index in [4.69, 9.17) is 32.9 Å². The molecule has 0 bridgehead atoms. The zero-order valence-electron chi connectivity index (χ0n) is 17.8. The highest BCUT2D eigenvalue weighted by molar-refractivity contribution is 6.32. The van der Waals surface area contributed by atoms with E-state index < -0.39 is 17.7 Å². The lowest BCUT2D eigenvalue weighted by Gasteiger charge is -2.22. The van der Waals surface area contributed by atoms with E-state index >= 15 is 0 Å². The Hall–Kier alpha value is -3.41. The van der Waals surface area contributed by atoms with Crippen LogP contribution in [-0.2, 0) is 6.54 Å². The molecule has 0 aliphatic rings. The Bertz CT molecular complexity index is 1430. The normalized spacial score (nSPS) is 12.1. The van der Waals surface area contributed by atoms with Crippen molar-refractivity contribution in [2.45, 2.75) is 12.6 Å². The molecule has 0 amide bonds. The number of aromatic nitrogens is 2. The van der Waals surface area contributed by atoms with Crippen LogP contribution in [-0.4, -0.2) is 9.55 Å². The van der Waals surface area contributed by atoms with Crippen LogP contribution >= 0.6 is 23.2 Å². The van der Waals surface area contributed by atoms with Crippen LogP contribution in [0.4, 0.5) is 8.78 Å². The van der Waals surface area contributed by atoms with E-state index in [1.165, 1.54) is 18.2 Å². The molecule has 5 aromatic rings. The minimum Gasteiger partial charge on any atom is -0.473 e. The lowest BCUT2D eigenvalue weighted by atomic mass is 10.1. The van der Waals surface area contributed by atoms with Gasteiger partial charge in [-0.05, 0) is 36.4 Å². The third-order valence-corrected chi connectivity index (χ3v) is 6.21. The van der Waals surface area contributed by atoms with E-state index in [1.807, 2.05) is 59.2 Å². The molecule has 5 rings (SSSR count). The molecule has 0 spiro atoms. The fourth-order valence-corrected chi connectivity index (χ4v) is 4.34. The first kappa shape index (κ1) is 22.4. The molecule has 1 heterocycles. The van der Waals surface area contributed by atoms with Gasteiger partial charge in [-0.2, -0.15) is 0 Å². The van der Waals surface area contributed by atoms with Crippen LogP contribution in [0.3, 0.4) is 0 Å². The molecule has 7 heteroatoms. The van der Waals surface area contributed by atoms with Crippen LogP contribution < -0.4 is 4.74 Å². The molecule has 34 heavy (non-hydrogen) atoms. The van der Waals surface area contributed by atoms with Gasteiger partial charge in [0.15, 0.2) is 23.5 Å². The molecule has 0 saturated heterocycles. The second kappa shape index (κ2) is 9.45. The average Bonchev–Trinajstić information content (AvgIpc) is 3.20. The van der Waals surface area contributed by atoms with E-state index in [0.717, 1.165) is 11.1 Å². The van der Waals surface area contributed by atoms with Crippen LogP contribution in [0.1, 0.15) is 23.1 Å². The van der Waals surface area contributed by atoms with Crippen molar-refractivity contribution >= 4 is 34.2 Å². The summed E-state index contributed by atoms with van der Waals surface area (Å²) in [4.78, 5) is 4.81. The van der Waals surface area contributed by atoms with Crippen molar-refractivity contribution in [2.24, 2.45) is 0 Å². The monoisotopic (exact) mass is 494 g/mol. The Morgan fingerprint density at radius 3 is 2.18 bits per heavy atom. The van der Waals surface area contributed by atoms with Gasteiger partial charge in [-0.25, -0.2) is 13.8 Å². The molecule has 170 valence electrons. The molecule has 0 aliphatic heterocycles. The quantitative estimate of drug-likeness (QED) is 0.240. The maximum Gasteiger partial charge on any atom is 0.181 e. The summed E-state index contributed by atoms with van der Waals surface area (Å²) in [5.41, 5.74) is 2.51. The van der Waals surface area contributed by atoms with Crippen molar-refractivity contribution < 1.29 is 13.5 Å². The molecule has 3 nitrogen and oxygen atoms in total. The second-order valence-corrected chi connectivity index (χ2v) is 8.52. The molecule has 0 saturated carbocycles. The zero-order valence-corrected chi connectivity index (χ0v) is 19.3. The van der Waals surface area contributed by atoms with Crippen LogP contribution in [0.25, 0.3) is 11.0 Å². The number of rotatable bonds is 6. The summed E-state index contributed by atoms with van der Waals surface area (Å²) < 4.78 is 37.5. The van der Waals surface area contributed by atoms with Gasteiger partial charge in [0, 0.05) is 16.1 Å². The van der Waals surface area contributed by atoms with E-state index in [1.54, 1.807) is 18.2 Å². The number of halogens is 4. The summed E-state index contributed by atoms with van der Waals surface area (Å²) in [6.45, 7) is 0.110. The number of benzene rings is 4. The van der Waals surface area contributed by atoms with Crippen LogP contribution in [0.5, 0.6) is 5.75 Å². The summed E-state index contributed by atoms with van der Waals surface area (Å²) >= 11 is 12.6. The van der Waals surface area contributed by atoms with Crippen LogP contribution in [0, 0.1) is 11.6 Å². The topological polar surface area (TPSA) is 27.1 Å². The minimum atomic E-state index is -0.825. The Morgan fingerprint density at radius 2 is 1.44 bits per heavy atom. The number of ether oxygens (including phenoxy) is 1. The average molecular weight is 495 g/mol. The van der Waals surface area contributed by atoms with Gasteiger partial charge < -0.3 is 9.30 Å². The van der Waals surface area contributed by atoms with Crippen molar-refractivity contribution in [3.63, 3.8) is 0 Å². The summed E-state index contributed by atoms with van der Waals surface area (Å²) in [6, 6.07) is 25.7. The first-order valence-corrected chi connectivity index (χ1v) is 11.3. The summed E-state index contributed by atoms with van der Waals surface area (Å²) in [6.07, 6.45) is -0.825. The van der Waals surface area contributed by atoms with Crippen LogP contribution in [0.15, 0.2) is 91.0 Å². The predicted octanol–water partition coefficient (Wildman–Crippen LogP) is 7.84. The molecule has 0 aliphatic carbocycles. The second-order valence-electron chi connectivity index (χ2n) is 7.70. The number of nitrogens with zero attached hydrogens (tertiary/aromatic N) is 2. The van der Waals surface area contributed by atoms with Crippen LogP contribution in [0.2, 0.25) is 10.0 Å². The first-order chi connectivity index (χ1) is 16.5. The Labute approximate surface area is 205 Å². The number of imidazole rings is 1. The van der Waals surface area contributed by atoms with Gasteiger partial charge in [0.2, 0.25) is 0 Å². The van der Waals surface area contributed by atoms with E-state index in [0.29, 0.717) is 21.9 Å². The number of hydrogen-bond acceptors (Lipinski definition) is 2. The van der Waals surface area contributed by atoms with Gasteiger partial charge in [-0.3, -0.25) is 0 Å². The van der Waals surface area contributed by atoms with Gasteiger partial charge >= 0.3 is 0 Å². The summed E-state index contributed by atoms with van der Waals surface area (Å²) in [5.74, 6) is -0.634. The fourth-order valence-electron chi connectivity index (χ4n) is 3.91. The summed E-state index contributed by atoms with van der Waals surface area (Å²) in [7, 11) is 0. The van der Waals surface area contributed by atoms with Gasteiger partial charge in [0.25, 0.3) is 0 Å². The molecule has 0 fully saturated rings. The Balaban J connectivity index is 1.71. The number of fused-ring (bicyclic) bond motifs is 1. The fraction of sp³-hybridized carbons (Fsp3) is 0.0741. The molecule has 0 unspecified atom stereocenters. The van der Waals surface area contributed by atoms with Crippen molar-refractivity contribution in [1.29, 1.82) is 0 Å². The van der Waals surface area contributed by atoms with E-state index in [2.05, 4.69) is 0 Å². The molecule has 1 aromatic heterocycles. The molecular weight excluding hydrogens is 477 g/mol. The summed E-state index contributed by atoms with van der Waals surface area (Å²) in [5, 5.41) is 0.443. The molecular formula is C27H18Cl2F2N2O. The van der Waals surface area contributed by atoms with Crippen molar-refractivity contribution in [3.05, 3.63) is 130 Å². The molecule has 4 aromatic carbocycles. The van der Waals surface area contributed by atoms with E-state index in [-0.39, 0.29) is 17.3 Å². The van der Waals surface area contributed by atoms with Gasteiger partial charge in [0.1, 0.15) is 5.82 Å². The number of hydrogen-bond donors (Lipinski definition) is 0. The van der Waals surface area contributed by atoms with Crippen molar-refractivity contribution in [2.75, 3.05) is 0 Å². The SMILES string of the molecule is Fc1cccc(Cl)c1Cn1c([C@@H](Oc2c(F)cccc2Cl)c2ccccc2)nc2ccccc21. The Kier molecular flexibility index (Phi) is 6.22. The highest BCUT2D eigenvalue weighted by Gasteiger charge is 2.27. The Morgan fingerprint density at radius 1 is 0.765 bits per heavy atom. The predicted molar refractivity (Wildman–Crippen MR) is 131 cm³/mol. The lowest BCUT2D eigenvalue weighted by Crippen LogP contribution is -2.18. The minimum absolute atomic E-state index is 0.0828. The van der Waals surface area contributed by atoms with Gasteiger partial charge in [-0.15, -0.1) is 0 Å². The molecule has 0 N–H and O–H groups in total. The molecule has 1 atom stereocenters. The van der Waals surface area contributed by atoms with Crippen molar-refractivity contribution in [1.82, 2.24) is 9.55 Å². The largest absolute Gasteiger partial charge is 0.473 e.